The van der Waals surface area contributed by atoms with Crippen LogP contribution in [-0.4, -0.2) is 11.0 Å². The van der Waals surface area contributed by atoms with E-state index in [1.165, 1.54) is 6.92 Å². The number of amides is 1. The molecule has 0 radical (unpaired) electrons. The maximum atomic E-state index is 13.0. The summed E-state index contributed by atoms with van der Waals surface area (Å²) < 4.78 is 13.0. The summed E-state index contributed by atoms with van der Waals surface area (Å²) in [5, 5.41) is 11.2. The lowest BCUT2D eigenvalue weighted by Gasteiger charge is -2.05. The molecule has 0 bridgehead atoms. The molecule has 0 atom stereocenters. The highest BCUT2D eigenvalue weighted by Crippen LogP contribution is 2.26. The number of nitrogens with one attached hydrogen (secondary N) is 1. The van der Waals surface area contributed by atoms with Gasteiger partial charge in [0.2, 0.25) is 5.91 Å². The first-order chi connectivity index (χ1) is 6.00. The van der Waals surface area contributed by atoms with E-state index in [1.54, 1.807) is 0 Å². The zero-order valence-corrected chi connectivity index (χ0v) is 6.97. The average molecular weight is 184 g/mol. The molecule has 0 spiro atoms. The molecule has 0 fully saturated rings. The number of phenols is 1. The molecular formula is C8H9FN2O2. The van der Waals surface area contributed by atoms with Crippen molar-refractivity contribution >= 4 is 17.3 Å². The first-order valence-electron chi connectivity index (χ1n) is 3.56. The summed E-state index contributed by atoms with van der Waals surface area (Å²) in [6.45, 7) is 1.25. The molecule has 1 aromatic rings. The number of rotatable bonds is 1. The predicted molar refractivity (Wildman–Crippen MR) is 46.8 cm³/mol. The van der Waals surface area contributed by atoms with Gasteiger partial charge in [0.15, 0.2) is 5.82 Å². The predicted octanol–water partition coefficient (Wildman–Crippen LogP) is 1.07. The molecule has 5 heteroatoms. The molecular weight excluding hydrogens is 175 g/mol. The van der Waals surface area contributed by atoms with Gasteiger partial charge in [-0.25, -0.2) is 4.39 Å². The third-order valence-corrected chi connectivity index (χ3v) is 1.43. The van der Waals surface area contributed by atoms with Crippen LogP contribution in [0.15, 0.2) is 12.1 Å². The van der Waals surface area contributed by atoms with Crippen molar-refractivity contribution in [2.45, 2.75) is 6.92 Å². The van der Waals surface area contributed by atoms with Crippen LogP contribution in [0.1, 0.15) is 6.92 Å². The van der Waals surface area contributed by atoms with Gasteiger partial charge in [0.25, 0.3) is 0 Å². The van der Waals surface area contributed by atoms with Crippen LogP contribution < -0.4 is 11.1 Å². The second-order valence-corrected chi connectivity index (χ2v) is 2.57. The second-order valence-electron chi connectivity index (χ2n) is 2.57. The Labute approximate surface area is 74.2 Å². The fourth-order valence-electron chi connectivity index (χ4n) is 0.865. The standard InChI is InChI=1S/C8H9FN2O2/c1-4(12)11-7-3-6(10)8(13)2-5(7)9/h2-3,13H,10H2,1H3,(H,11,12). The topological polar surface area (TPSA) is 75.4 Å². The van der Waals surface area contributed by atoms with E-state index in [0.717, 1.165) is 12.1 Å². The van der Waals surface area contributed by atoms with Crippen molar-refractivity contribution in [1.29, 1.82) is 0 Å². The Morgan fingerprint density at radius 3 is 2.77 bits per heavy atom. The van der Waals surface area contributed by atoms with E-state index in [4.69, 9.17) is 10.8 Å². The number of anilines is 2. The number of hydrogen-bond donors (Lipinski definition) is 3. The molecule has 1 aromatic carbocycles. The molecule has 0 saturated carbocycles. The summed E-state index contributed by atoms with van der Waals surface area (Å²) in [4.78, 5) is 10.6. The number of halogens is 1. The lowest BCUT2D eigenvalue weighted by atomic mass is 10.2. The molecule has 1 amide bonds. The number of carbonyl (C=O) groups is 1. The third kappa shape index (κ3) is 2.08. The minimum atomic E-state index is -0.720. The van der Waals surface area contributed by atoms with Gasteiger partial charge in [-0.2, -0.15) is 0 Å². The summed E-state index contributed by atoms with van der Waals surface area (Å²) in [6.07, 6.45) is 0. The van der Waals surface area contributed by atoms with Crippen LogP contribution in [0, 0.1) is 5.82 Å². The number of phenolic OH excluding ortho intramolecular Hbond substituents is 1. The molecule has 1 rings (SSSR count). The van der Waals surface area contributed by atoms with Gasteiger partial charge in [0, 0.05) is 13.0 Å². The molecule has 4 nitrogen and oxygen atoms in total. The molecule has 0 aliphatic heterocycles. The Balaban J connectivity index is 3.08. The van der Waals surface area contributed by atoms with Crippen molar-refractivity contribution in [3.05, 3.63) is 17.9 Å². The van der Waals surface area contributed by atoms with E-state index < -0.39 is 11.7 Å². The van der Waals surface area contributed by atoms with Crippen LogP contribution in [0.4, 0.5) is 15.8 Å². The van der Waals surface area contributed by atoms with Crippen LogP contribution in [0.5, 0.6) is 5.75 Å². The molecule has 4 N–H and O–H groups in total. The summed E-state index contributed by atoms with van der Waals surface area (Å²) >= 11 is 0. The van der Waals surface area contributed by atoms with Crippen molar-refractivity contribution in [1.82, 2.24) is 0 Å². The van der Waals surface area contributed by atoms with Crippen LogP contribution in [0.3, 0.4) is 0 Å². The molecule has 0 aliphatic rings. The van der Waals surface area contributed by atoms with Crippen LogP contribution in [0.25, 0.3) is 0 Å². The van der Waals surface area contributed by atoms with Crippen LogP contribution in [0.2, 0.25) is 0 Å². The maximum absolute atomic E-state index is 13.0. The number of benzene rings is 1. The normalized spacial score (nSPS) is 9.69. The number of aromatic hydroxyl groups is 1. The molecule has 0 unspecified atom stereocenters. The summed E-state index contributed by atoms with van der Waals surface area (Å²) in [6, 6.07) is 2.01. The largest absolute Gasteiger partial charge is 0.506 e. The van der Waals surface area contributed by atoms with Crippen molar-refractivity contribution < 1.29 is 14.3 Å². The first kappa shape index (κ1) is 9.31. The molecule has 0 aromatic heterocycles. The summed E-state index contributed by atoms with van der Waals surface area (Å²) in [5.74, 6) is -1.46. The van der Waals surface area contributed by atoms with Gasteiger partial charge in [0.05, 0.1) is 11.4 Å². The molecule has 0 heterocycles. The number of carbonyl (C=O) groups excluding carboxylic acids is 1. The quantitative estimate of drug-likeness (QED) is 0.347. The van der Waals surface area contributed by atoms with Crippen molar-refractivity contribution in [2.75, 3.05) is 11.1 Å². The van der Waals surface area contributed by atoms with Gasteiger partial charge in [0.1, 0.15) is 5.75 Å². The van der Waals surface area contributed by atoms with Gasteiger partial charge in [-0.05, 0) is 6.07 Å². The van der Waals surface area contributed by atoms with Gasteiger partial charge in [-0.3, -0.25) is 4.79 Å². The van der Waals surface area contributed by atoms with E-state index in [-0.39, 0.29) is 17.1 Å². The van der Waals surface area contributed by atoms with E-state index in [2.05, 4.69) is 5.32 Å². The molecule has 13 heavy (non-hydrogen) atoms. The lowest BCUT2D eigenvalue weighted by molar-refractivity contribution is -0.114. The SMILES string of the molecule is CC(=O)Nc1cc(N)c(O)cc1F. The van der Waals surface area contributed by atoms with Gasteiger partial charge >= 0.3 is 0 Å². The van der Waals surface area contributed by atoms with Crippen LogP contribution >= 0.6 is 0 Å². The summed E-state index contributed by atoms with van der Waals surface area (Å²) in [7, 11) is 0. The maximum Gasteiger partial charge on any atom is 0.221 e. The lowest BCUT2D eigenvalue weighted by Crippen LogP contribution is -2.07. The fraction of sp³-hybridized carbons (Fsp3) is 0.125. The second kappa shape index (κ2) is 3.30. The third-order valence-electron chi connectivity index (χ3n) is 1.43. The zero-order chi connectivity index (χ0) is 10.0. The highest BCUT2D eigenvalue weighted by Gasteiger charge is 2.07. The van der Waals surface area contributed by atoms with Crippen molar-refractivity contribution in [3.63, 3.8) is 0 Å². The van der Waals surface area contributed by atoms with Gasteiger partial charge in [-0.15, -0.1) is 0 Å². The Kier molecular flexibility index (Phi) is 2.36. The highest BCUT2D eigenvalue weighted by molar-refractivity contribution is 5.89. The highest BCUT2D eigenvalue weighted by atomic mass is 19.1. The number of hydrogen-bond acceptors (Lipinski definition) is 3. The fourth-order valence-corrected chi connectivity index (χ4v) is 0.865. The minimum absolute atomic E-state index is 0.0187. The van der Waals surface area contributed by atoms with E-state index >= 15 is 0 Å². The smallest absolute Gasteiger partial charge is 0.221 e. The number of nitrogen functional groups attached to an aromatic ring is 1. The molecule has 70 valence electrons. The monoisotopic (exact) mass is 184 g/mol. The Hall–Kier alpha value is -1.78. The van der Waals surface area contributed by atoms with E-state index in [1.807, 2.05) is 0 Å². The van der Waals surface area contributed by atoms with E-state index in [9.17, 15) is 9.18 Å². The zero-order valence-electron chi connectivity index (χ0n) is 6.97. The molecule has 0 aliphatic carbocycles. The van der Waals surface area contributed by atoms with Gasteiger partial charge in [-0.1, -0.05) is 0 Å². The van der Waals surface area contributed by atoms with Crippen molar-refractivity contribution in [2.24, 2.45) is 0 Å². The molecule has 0 saturated heterocycles. The number of nitrogens with two attached hydrogens (primary N) is 1. The van der Waals surface area contributed by atoms with Crippen LogP contribution in [-0.2, 0) is 4.79 Å². The summed E-state index contributed by atoms with van der Waals surface area (Å²) in [5.41, 5.74) is 5.28. The minimum Gasteiger partial charge on any atom is -0.506 e. The van der Waals surface area contributed by atoms with Crippen molar-refractivity contribution in [3.8, 4) is 5.75 Å². The first-order valence-corrected chi connectivity index (χ1v) is 3.56. The van der Waals surface area contributed by atoms with E-state index in [0.29, 0.717) is 0 Å². The van der Waals surface area contributed by atoms with Gasteiger partial charge < -0.3 is 16.2 Å². The Bertz CT molecular complexity index is 352. The Morgan fingerprint density at radius 2 is 2.23 bits per heavy atom. The average Bonchev–Trinajstić information content (AvgIpc) is 1.99. The Morgan fingerprint density at radius 1 is 1.62 bits per heavy atom.